The first-order valence-corrected chi connectivity index (χ1v) is 7.51. The Hall–Kier alpha value is -0.540. The smallest absolute Gasteiger partial charge is 0.0439 e. The van der Waals surface area contributed by atoms with E-state index in [9.17, 15) is 0 Å². The summed E-state index contributed by atoms with van der Waals surface area (Å²) >= 11 is 13.9. The van der Waals surface area contributed by atoms with Crippen molar-refractivity contribution in [3.05, 3.63) is 56.2 Å². The first-order valence-electron chi connectivity index (χ1n) is 5.81. The largest absolute Gasteiger partial charge is 0.316 e. The monoisotopic (exact) mass is 299 g/mol. The summed E-state index contributed by atoms with van der Waals surface area (Å²) in [6.45, 7) is 0. The van der Waals surface area contributed by atoms with E-state index in [1.54, 1.807) is 11.3 Å². The van der Waals surface area contributed by atoms with Crippen LogP contribution in [0.2, 0.25) is 10.0 Å². The molecule has 0 radical (unpaired) electrons. The lowest BCUT2D eigenvalue weighted by atomic mass is 10.0. The average Bonchev–Trinajstić information content (AvgIpc) is 2.85. The Kier molecular flexibility index (Phi) is 5.07. The Morgan fingerprint density at radius 2 is 2.06 bits per heavy atom. The van der Waals surface area contributed by atoms with E-state index in [0.717, 1.165) is 28.5 Å². The maximum absolute atomic E-state index is 6.19. The highest BCUT2D eigenvalue weighted by Gasteiger charge is 2.11. The highest BCUT2D eigenvalue weighted by Crippen LogP contribution is 2.22. The van der Waals surface area contributed by atoms with E-state index in [1.165, 1.54) is 5.56 Å². The normalized spacial score (nSPS) is 12.6. The van der Waals surface area contributed by atoms with Gasteiger partial charge in [0, 0.05) is 16.1 Å². The zero-order valence-corrected chi connectivity index (χ0v) is 12.4. The molecule has 96 valence electrons. The molecular formula is C14H15Cl2NS. The molecule has 1 heterocycles. The first-order chi connectivity index (χ1) is 8.69. The molecule has 1 unspecified atom stereocenters. The number of nitrogens with one attached hydrogen (secondary N) is 1. The Morgan fingerprint density at radius 1 is 1.22 bits per heavy atom. The van der Waals surface area contributed by atoms with Gasteiger partial charge in [-0.1, -0.05) is 23.2 Å². The lowest BCUT2D eigenvalue weighted by Crippen LogP contribution is -2.29. The molecule has 1 atom stereocenters. The van der Waals surface area contributed by atoms with E-state index in [1.807, 2.05) is 25.2 Å². The molecule has 1 aromatic carbocycles. The highest BCUT2D eigenvalue weighted by atomic mass is 35.5. The van der Waals surface area contributed by atoms with Gasteiger partial charge < -0.3 is 5.32 Å². The second kappa shape index (κ2) is 6.58. The molecule has 1 N–H and O–H groups in total. The molecular weight excluding hydrogens is 285 g/mol. The van der Waals surface area contributed by atoms with Crippen molar-refractivity contribution in [1.82, 2.24) is 5.32 Å². The summed E-state index contributed by atoms with van der Waals surface area (Å²) in [5.41, 5.74) is 2.45. The van der Waals surface area contributed by atoms with Gasteiger partial charge in [-0.05, 0) is 66.0 Å². The summed E-state index contributed by atoms with van der Waals surface area (Å²) in [7, 11) is 1.98. The fraction of sp³-hybridized carbons (Fsp3) is 0.286. The summed E-state index contributed by atoms with van der Waals surface area (Å²) in [6.07, 6.45) is 1.88. The zero-order chi connectivity index (χ0) is 13.0. The van der Waals surface area contributed by atoms with Crippen LogP contribution >= 0.6 is 34.5 Å². The molecule has 18 heavy (non-hydrogen) atoms. The second-order valence-corrected chi connectivity index (χ2v) is 5.88. The Balaban J connectivity index is 2.07. The summed E-state index contributed by atoms with van der Waals surface area (Å²) in [5.74, 6) is 0. The van der Waals surface area contributed by atoms with Crippen molar-refractivity contribution in [3.8, 4) is 0 Å². The number of hydrogen-bond donors (Lipinski definition) is 1. The third-order valence-corrected chi connectivity index (χ3v) is 4.28. The van der Waals surface area contributed by atoms with Gasteiger partial charge in [0.15, 0.2) is 0 Å². The van der Waals surface area contributed by atoms with Crippen LogP contribution in [0.3, 0.4) is 0 Å². The molecule has 0 aliphatic rings. The van der Waals surface area contributed by atoms with Crippen molar-refractivity contribution in [1.29, 1.82) is 0 Å². The van der Waals surface area contributed by atoms with Crippen molar-refractivity contribution in [2.24, 2.45) is 0 Å². The minimum atomic E-state index is 0.371. The van der Waals surface area contributed by atoms with Gasteiger partial charge in [0.25, 0.3) is 0 Å². The third kappa shape index (κ3) is 3.72. The van der Waals surface area contributed by atoms with Gasteiger partial charge >= 0.3 is 0 Å². The van der Waals surface area contributed by atoms with Gasteiger partial charge in [0.1, 0.15) is 0 Å². The first kappa shape index (κ1) is 13.9. The molecule has 1 aromatic heterocycles. The fourth-order valence-electron chi connectivity index (χ4n) is 1.93. The van der Waals surface area contributed by atoms with Gasteiger partial charge in [-0.25, -0.2) is 0 Å². The van der Waals surface area contributed by atoms with Crippen molar-refractivity contribution in [3.63, 3.8) is 0 Å². The van der Waals surface area contributed by atoms with E-state index in [4.69, 9.17) is 23.2 Å². The van der Waals surface area contributed by atoms with Gasteiger partial charge in [-0.15, -0.1) is 0 Å². The van der Waals surface area contributed by atoms with Crippen LogP contribution in [0.5, 0.6) is 0 Å². The van der Waals surface area contributed by atoms with Crippen LogP contribution in [0.1, 0.15) is 11.1 Å². The van der Waals surface area contributed by atoms with E-state index in [0.29, 0.717) is 6.04 Å². The van der Waals surface area contributed by atoms with E-state index >= 15 is 0 Å². The molecule has 0 spiro atoms. The fourth-order valence-corrected chi connectivity index (χ4v) is 3.01. The predicted molar refractivity (Wildman–Crippen MR) is 81.0 cm³/mol. The van der Waals surface area contributed by atoms with Gasteiger partial charge in [0.05, 0.1) is 0 Å². The molecule has 4 heteroatoms. The minimum Gasteiger partial charge on any atom is -0.316 e. The molecule has 0 bridgehead atoms. The molecule has 2 aromatic rings. The molecule has 2 rings (SSSR count). The van der Waals surface area contributed by atoms with Crippen molar-refractivity contribution in [2.75, 3.05) is 7.05 Å². The van der Waals surface area contributed by atoms with E-state index in [-0.39, 0.29) is 0 Å². The summed E-state index contributed by atoms with van der Waals surface area (Å²) in [5, 5.41) is 9.15. The topological polar surface area (TPSA) is 12.0 Å². The quantitative estimate of drug-likeness (QED) is 0.861. The zero-order valence-electron chi connectivity index (χ0n) is 10.1. The van der Waals surface area contributed by atoms with Crippen LogP contribution < -0.4 is 5.32 Å². The number of rotatable bonds is 5. The number of thiophene rings is 1. The van der Waals surface area contributed by atoms with Gasteiger partial charge in [-0.3, -0.25) is 0 Å². The minimum absolute atomic E-state index is 0.371. The number of halogens is 2. The lowest BCUT2D eigenvalue weighted by molar-refractivity contribution is 0.557. The predicted octanol–water partition coefficient (Wildman–Crippen LogP) is 4.43. The molecule has 1 nitrogen and oxygen atoms in total. The average molecular weight is 300 g/mol. The molecule has 0 amide bonds. The van der Waals surface area contributed by atoms with Gasteiger partial charge in [0.2, 0.25) is 0 Å². The van der Waals surface area contributed by atoms with Crippen LogP contribution in [-0.4, -0.2) is 13.1 Å². The second-order valence-electron chi connectivity index (χ2n) is 4.26. The summed E-state index contributed by atoms with van der Waals surface area (Å²) in [4.78, 5) is 0. The van der Waals surface area contributed by atoms with E-state index in [2.05, 4.69) is 22.1 Å². The van der Waals surface area contributed by atoms with Crippen molar-refractivity contribution >= 4 is 34.5 Å². The molecule has 0 aliphatic heterocycles. The molecule has 0 aliphatic carbocycles. The maximum Gasteiger partial charge on any atom is 0.0439 e. The Bertz CT molecular complexity index is 497. The van der Waals surface area contributed by atoms with Crippen molar-refractivity contribution < 1.29 is 0 Å². The van der Waals surface area contributed by atoms with Crippen LogP contribution in [0, 0.1) is 0 Å². The number of benzene rings is 1. The van der Waals surface area contributed by atoms with Crippen LogP contribution in [0.15, 0.2) is 35.0 Å². The summed E-state index contributed by atoms with van der Waals surface area (Å²) < 4.78 is 0. The number of likely N-dealkylation sites (N-methyl/N-ethyl adjacent to an activating group) is 1. The van der Waals surface area contributed by atoms with E-state index < -0.39 is 0 Å². The SMILES string of the molecule is CNC(Cc1ccsc1)Cc1cc(Cl)ccc1Cl. The highest BCUT2D eigenvalue weighted by molar-refractivity contribution is 7.07. The molecule has 0 saturated heterocycles. The standard InChI is InChI=1S/C14H15Cl2NS/c1-17-13(6-10-4-5-18-9-10)8-11-7-12(15)2-3-14(11)16/h2-5,7,9,13,17H,6,8H2,1H3. The van der Waals surface area contributed by atoms with Crippen LogP contribution in [-0.2, 0) is 12.8 Å². The maximum atomic E-state index is 6.19. The third-order valence-electron chi connectivity index (χ3n) is 2.94. The van der Waals surface area contributed by atoms with Crippen molar-refractivity contribution in [2.45, 2.75) is 18.9 Å². The van der Waals surface area contributed by atoms with Crippen LogP contribution in [0.4, 0.5) is 0 Å². The number of hydrogen-bond acceptors (Lipinski definition) is 2. The van der Waals surface area contributed by atoms with Gasteiger partial charge in [-0.2, -0.15) is 11.3 Å². The molecule has 0 fully saturated rings. The molecule has 0 saturated carbocycles. The van der Waals surface area contributed by atoms with Crippen LogP contribution in [0.25, 0.3) is 0 Å². The Morgan fingerprint density at radius 3 is 2.72 bits per heavy atom. The summed E-state index contributed by atoms with van der Waals surface area (Å²) in [6, 6.07) is 8.16. The Labute approximate surface area is 122 Å². The lowest BCUT2D eigenvalue weighted by Gasteiger charge is -2.16.